The zero-order valence-corrected chi connectivity index (χ0v) is 20.7. The van der Waals surface area contributed by atoms with E-state index < -0.39 is 0 Å². The summed E-state index contributed by atoms with van der Waals surface area (Å²) in [5, 5.41) is 11.3. The van der Waals surface area contributed by atoms with Crippen LogP contribution in [-0.4, -0.2) is 80.0 Å². The summed E-state index contributed by atoms with van der Waals surface area (Å²) in [7, 11) is 3.38. The number of aromatic amines is 1. The summed E-state index contributed by atoms with van der Waals surface area (Å²) >= 11 is 0. The first-order valence-electron chi connectivity index (χ1n) is 11.7. The molecule has 5 heterocycles. The van der Waals surface area contributed by atoms with E-state index in [1.807, 2.05) is 33.2 Å². The number of carbonyl (C=O) groups is 1. The van der Waals surface area contributed by atoms with Gasteiger partial charge in [-0.05, 0) is 25.5 Å². The van der Waals surface area contributed by atoms with Crippen molar-refractivity contribution in [1.82, 2.24) is 34.6 Å². The molecule has 0 bridgehead atoms. The Hall–Kier alpha value is -4.03. The number of methoxy groups -OCH3 is 1. The monoisotopic (exact) mass is 491 g/mol. The number of ether oxygens (including phenoxy) is 2. The highest BCUT2D eigenvalue weighted by Gasteiger charge is 2.24. The van der Waals surface area contributed by atoms with Crippen LogP contribution in [0.4, 0.5) is 17.5 Å². The molecule has 4 aromatic heterocycles. The Morgan fingerprint density at radius 2 is 2.08 bits per heavy atom. The van der Waals surface area contributed by atoms with Crippen LogP contribution < -0.4 is 15.4 Å². The number of H-pyrrole nitrogens is 1. The van der Waals surface area contributed by atoms with E-state index in [9.17, 15) is 4.79 Å². The quantitative estimate of drug-likeness (QED) is 0.356. The van der Waals surface area contributed by atoms with Crippen LogP contribution in [0.15, 0.2) is 30.9 Å². The average Bonchev–Trinajstić information content (AvgIpc) is 3.48. The lowest BCUT2D eigenvalue weighted by atomic mass is 10.1. The van der Waals surface area contributed by atoms with Gasteiger partial charge < -0.3 is 25.1 Å². The molecule has 12 heteroatoms. The van der Waals surface area contributed by atoms with Crippen LogP contribution >= 0.6 is 0 Å². The van der Waals surface area contributed by atoms with Gasteiger partial charge in [0.1, 0.15) is 5.69 Å². The molecule has 0 radical (unpaired) electrons. The lowest BCUT2D eigenvalue weighted by Crippen LogP contribution is -2.47. The average molecular weight is 492 g/mol. The number of aryl methyl sites for hydroxylation is 2. The Morgan fingerprint density at radius 3 is 2.86 bits per heavy atom. The van der Waals surface area contributed by atoms with Crippen molar-refractivity contribution >= 4 is 34.3 Å². The minimum absolute atomic E-state index is 0.108. The van der Waals surface area contributed by atoms with E-state index in [1.165, 1.54) is 0 Å². The lowest BCUT2D eigenvalue weighted by Gasteiger charge is -2.31. The van der Waals surface area contributed by atoms with E-state index in [-0.39, 0.29) is 11.9 Å². The first kappa shape index (κ1) is 23.7. The molecule has 0 unspecified atom stereocenters. The molecule has 1 amide bonds. The summed E-state index contributed by atoms with van der Waals surface area (Å²) in [5.41, 5.74) is 3.94. The second-order valence-corrected chi connectivity index (χ2v) is 8.67. The van der Waals surface area contributed by atoms with Crippen LogP contribution in [0.25, 0.3) is 22.2 Å². The Kier molecular flexibility index (Phi) is 6.53. The number of rotatable bonds is 7. The van der Waals surface area contributed by atoms with Crippen molar-refractivity contribution in [3.8, 4) is 17.1 Å². The third-order valence-electron chi connectivity index (χ3n) is 6.28. The second kappa shape index (κ2) is 9.91. The molecule has 0 saturated carbocycles. The summed E-state index contributed by atoms with van der Waals surface area (Å²) in [4.78, 5) is 32.0. The van der Waals surface area contributed by atoms with Crippen LogP contribution in [0.2, 0.25) is 0 Å². The van der Waals surface area contributed by atoms with Crippen LogP contribution in [0.5, 0.6) is 5.88 Å². The minimum atomic E-state index is -0.289. The predicted octanol–water partition coefficient (Wildman–Crippen LogP) is 2.47. The maximum absolute atomic E-state index is 13.0. The van der Waals surface area contributed by atoms with Gasteiger partial charge in [-0.25, -0.2) is 15.0 Å². The number of hydrogen-bond acceptors (Lipinski definition) is 9. The third-order valence-corrected chi connectivity index (χ3v) is 6.28. The first-order chi connectivity index (χ1) is 17.4. The molecule has 0 aliphatic carbocycles. The number of morpholine rings is 1. The Bertz CT molecular complexity index is 1390. The lowest BCUT2D eigenvalue weighted by molar-refractivity contribution is -0.122. The molecular formula is C24H29N9O3. The topological polar surface area (TPSA) is 135 Å². The smallest absolute Gasteiger partial charge is 0.256 e. The van der Waals surface area contributed by atoms with Gasteiger partial charge in [0.2, 0.25) is 11.9 Å². The largest absolute Gasteiger partial charge is 0.478 e. The Balaban J connectivity index is 1.42. The number of pyridine rings is 1. The van der Waals surface area contributed by atoms with Gasteiger partial charge in [0.15, 0.2) is 5.82 Å². The molecule has 1 aliphatic rings. The maximum Gasteiger partial charge on any atom is 0.256 e. The fourth-order valence-electron chi connectivity index (χ4n) is 4.30. The third kappa shape index (κ3) is 4.60. The molecule has 36 heavy (non-hydrogen) atoms. The van der Waals surface area contributed by atoms with Gasteiger partial charge in [-0.3, -0.25) is 14.4 Å². The molecule has 1 fully saturated rings. The van der Waals surface area contributed by atoms with Gasteiger partial charge in [-0.2, -0.15) is 0 Å². The Labute approximate surface area is 208 Å². The molecular weight excluding hydrogens is 462 g/mol. The molecule has 5 rings (SSSR count). The molecule has 188 valence electrons. The van der Waals surface area contributed by atoms with Crippen molar-refractivity contribution in [3.63, 3.8) is 0 Å². The van der Waals surface area contributed by atoms with Crippen molar-refractivity contribution in [1.29, 1.82) is 0 Å². The van der Waals surface area contributed by atoms with Gasteiger partial charge in [0.05, 0.1) is 43.8 Å². The molecule has 3 N–H and O–H groups in total. The van der Waals surface area contributed by atoms with Crippen molar-refractivity contribution in [2.24, 2.45) is 7.05 Å². The number of hydrogen-bond donors (Lipinski definition) is 3. The van der Waals surface area contributed by atoms with E-state index in [2.05, 4.69) is 35.6 Å². The number of nitrogens with zero attached hydrogens (tertiary/aromatic N) is 6. The predicted molar refractivity (Wildman–Crippen MR) is 135 cm³/mol. The van der Waals surface area contributed by atoms with E-state index in [0.717, 1.165) is 40.8 Å². The van der Waals surface area contributed by atoms with E-state index in [1.54, 1.807) is 30.4 Å². The molecule has 1 aliphatic heterocycles. The first-order valence-corrected chi connectivity index (χ1v) is 11.7. The molecule has 1 atom stereocenters. The standard InChI is InChI=1S/C24H29N9O3/c1-14-11-27-24(28-18-13-32(3)31-23(18)35-4)29-19(14)17-12-26-20-16(17)5-6-25-21(20)30-22(34)15(2)33-7-9-36-10-8-33/h5-6,11-13,15,26H,7-10H2,1-4H3,(H,25,30,34)(H,27,28,29)/t15-/m1/s1. The molecule has 0 spiro atoms. The van der Waals surface area contributed by atoms with Crippen LogP contribution in [-0.2, 0) is 16.6 Å². The number of amides is 1. The van der Waals surface area contributed by atoms with Gasteiger partial charge in [0.25, 0.3) is 5.88 Å². The van der Waals surface area contributed by atoms with Gasteiger partial charge in [0, 0.05) is 49.7 Å². The zero-order valence-electron chi connectivity index (χ0n) is 20.7. The van der Waals surface area contributed by atoms with Gasteiger partial charge >= 0.3 is 0 Å². The molecule has 4 aromatic rings. The fourth-order valence-corrected chi connectivity index (χ4v) is 4.30. The SMILES string of the molecule is COc1nn(C)cc1Nc1ncc(C)c(-c2c[nH]c3c(NC(=O)[C@@H](C)N4CCOCC4)nccc23)n1. The highest BCUT2D eigenvalue weighted by molar-refractivity contribution is 6.05. The number of aromatic nitrogens is 6. The van der Waals surface area contributed by atoms with Crippen molar-refractivity contribution in [2.45, 2.75) is 19.9 Å². The molecule has 12 nitrogen and oxygen atoms in total. The number of anilines is 3. The summed E-state index contributed by atoms with van der Waals surface area (Å²) in [6.45, 7) is 6.58. The van der Waals surface area contributed by atoms with E-state index in [4.69, 9.17) is 14.5 Å². The van der Waals surface area contributed by atoms with Crippen molar-refractivity contribution in [2.75, 3.05) is 44.0 Å². The summed E-state index contributed by atoms with van der Waals surface area (Å²) < 4.78 is 12.4. The summed E-state index contributed by atoms with van der Waals surface area (Å²) in [6, 6.07) is 1.61. The number of carbonyl (C=O) groups excluding carboxylic acids is 1. The molecule has 0 aromatic carbocycles. The van der Waals surface area contributed by atoms with Gasteiger partial charge in [-0.15, -0.1) is 5.10 Å². The normalized spacial score (nSPS) is 15.1. The highest BCUT2D eigenvalue weighted by Crippen LogP contribution is 2.33. The molecule has 1 saturated heterocycles. The van der Waals surface area contributed by atoms with E-state index in [0.29, 0.717) is 36.5 Å². The maximum atomic E-state index is 13.0. The number of fused-ring (bicyclic) bond motifs is 1. The van der Waals surface area contributed by atoms with E-state index >= 15 is 0 Å². The highest BCUT2D eigenvalue weighted by atomic mass is 16.5. The Morgan fingerprint density at radius 1 is 1.28 bits per heavy atom. The zero-order chi connectivity index (χ0) is 25.2. The van der Waals surface area contributed by atoms with Crippen LogP contribution in [0.3, 0.4) is 0 Å². The number of nitrogens with one attached hydrogen (secondary N) is 3. The minimum Gasteiger partial charge on any atom is -0.478 e. The van der Waals surface area contributed by atoms with Crippen molar-refractivity contribution in [3.05, 3.63) is 36.4 Å². The second-order valence-electron chi connectivity index (χ2n) is 8.67. The van der Waals surface area contributed by atoms with Gasteiger partial charge in [-0.1, -0.05) is 0 Å². The van der Waals surface area contributed by atoms with Crippen LogP contribution in [0.1, 0.15) is 12.5 Å². The van der Waals surface area contributed by atoms with Crippen molar-refractivity contribution < 1.29 is 14.3 Å². The van der Waals surface area contributed by atoms with Crippen LogP contribution in [0, 0.1) is 6.92 Å². The summed E-state index contributed by atoms with van der Waals surface area (Å²) in [5.74, 6) is 1.24. The summed E-state index contributed by atoms with van der Waals surface area (Å²) in [6.07, 6.45) is 7.12. The fraction of sp³-hybridized carbons (Fsp3) is 0.375.